The van der Waals surface area contributed by atoms with Crippen LogP contribution < -0.4 is 5.32 Å². The van der Waals surface area contributed by atoms with Crippen molar-refractivity contribution in [2.75, 3.05) is 11.9 Å². The molecule has 1 aromatic carbocycles. The van der Waals surface area contributed by atoms with E-state index in [1.807, 2.05) is 0 Å². The first kappa shape index (κ1) is 12.8. The van der Waals surface area contributed by atoms with Crippen LogP contribution in [-0.4, -0.2) is 27.7 Å². The van der Waals surface area contributed by atoms with Gasteiger partial charge in [-0.2, -0.15) is 0 Å². The molecule has 0 unspecified atom stereocenters. The lowest BCUT2D eigenvalue weighted by Crippen LogP contribution is -2.33. The van der Waals surface area contributed by atoms with Crippen molar-refractivity contribution in [3.8, 4) is 0 Å². The topological polar surface area (TPSA) is 88.3 Å². The monoisotopic (exact) mass is 273 g/mol. The van der Waals surface area contributed by atoms with Gasteiger partial charge in [0.25, 0.3) is 5.69 Å². The Morgan fingerprint density at radius 1 is 1.35 bits per heavy atom. The molecule has 0 radical (unpaired) electrons. The second-order valence-electron chi connectivity index (χ2n) is 5.18. The molecule has 1 aliphatic carbocycles. The molecule has 2 aromatic rings. The van der Waals surface area contributed by atoms with Crippen LogP contribution in [0.4, 0.5) is 11.4 Å². The molecule has 0 saturated heterocycles. The zero-order valence-electron chi connectivity index (χ0n) is 10.8. The van der Waals surface area contributed by atoms with Crippen LogP contribution in [0, 0.1) is 16.0 Å². The third kappa shape index (κ3) is 2.30. The van der Waals surface area contributed by atoms with Crippen molar-refractivity contribution in [3.63, 3.8) is 0 Å². The largest absolute Gasteiger partial charge is 0.393 e. The minimum Gasteiger partial charge on any atom is -0.393 e. The molecular formula is C14H15N3O3. The molecule has 20 heavy (non-hydrogen) atoms. The summed E-state index contributed by atoms with van der Waals surface area (Å²) in [4.78, 5) is 14.7. The number of hydrogen-bond donors (Lipinski definition) is 2. The molecule has 6 heteroatoms. The summed E-state index contributed by atoms with van der Waals surface area (Å²) in [5.41, 5.74) is 0.937. The van der Waals surface area contributed by atoms with Crippen LogP contribution in [0.2, 0.25) is 0 Å². The van der Waals surface area contributed by atoms with E-state index in [1.54, 1.807) is 24.5 Å². The molecule has 1 aromatic heterocycles. The number of nitro benzene ring substituents is 1. The Balaban J connectivity index is 1.88. The standard InChI is InChI=1S/C14H15N3O3/c18-10-5-9(6-10)7-16-13-1-2-14(17(19)20)11-3-4-15-8-12(11)13/h1-4,8-10,16,18H,5-7H2. The minimum absolute atomic E-state index is 0.0898. The first-order chi connectivity index (χ1) is 9.65. The van der Waals surface area contributed by atoms with Crippen LogP contribution in [0.15, 0.2) is 30.6 Å². The van der Waals surface area contributed by atoms with Gasteiger partial charge < -0.3 is 10.4 Å². The fourth-order valence-electron chi connectivity index (χ4n) is 2.61. The van der Waals surface area contributed by atoms with Crippen molar-refractivity contribution in [1.82, 2.24) is 4.98 Å². The van der Waals surface area contributed by atoms with Crippen LogP contribution in [0.25, 0.3) is 10.8 Å². The number of nitro groups is 1. The van der Waals surface area contributed by atoms with Crippen molar-refractivity contribution < 1.29 is 10.0 Å². The third-order valence-electron chi connectivity index (χ3n) is 3.78. The number of anilines is 1. The van der Waals surface area contributed by atoms with E-state index in [4.69, 9.17) is 0 Å². The van der Waals surface area contributed by atoms with Gasteiger partial charge in [0, 0.05) is 36.1 Å². The Hall–Kier alpha value is -2.21. The Morgan fingerprint density at radius 3 is 2.85 bits per heavy atom. The van der Waals surface area contributed by atoms with E-state index < -0.39 is 0 Å². The van der Waals surface area contributed by atoms with Crippen molar-refractivity contribution >= 4 is 22.1 Å². The Kier molecular flexibility index (Phi) is 3.23. The van der Waals surface area contributed by atoms with Gasteiger partial charge in [0.05, 0.1) is 16.4 Å². The maximum atomic E-state index is 11.0. The van der Waals surface area contributed by atoms with Gasteiger partial charge in [0.1, 0.15) is 0 Å². The third-order valence-corrected chi connectivity index (χ3v) is 3.78. The lowest BCUT2D eigenvalue weighted by molar-refractivity contribution is -0.383. The molecule has 0 bridgehead atoms. The molecule has 104 valence electrons. The van der Waals surface area contributed by atoms with Crippen LogP contribution in [-0.2, 0) is 0 Å². The molecule has 1 aliphatic rings. The summed E-state index contributed by atoms with van der Waals surface area (Å²) in [5, 5.41) is 24.9. The van der Waals surface area contributed by atoms with Crippen molar-refractivity contribution in [1.29, 1.82) is 0 Å². The highest BCUT2D eigenvalue weighted by Crippen LogP contribution is 2.32. The average Bonchev–Trinajstić information content (AvgIpc) is 2.41. The van der Waals surface area contributed by atoms with E-state index in [0.717, 1.165) is 30.5 Å². The summed E-state index contributed by atoms with van der Waals surface area (Å²) in [6, 6.07) is 4.89. The fraction of sp³-hybridized carbons (Fsp3) is 0.357. The first-order valence-corrected chi connectivity index (χ1v) is 6.58. The number of nitrogens with one attached hydrogen (secondary N) is 1. The summed E-state index contributed by atoms with van der Waals surface area (Å²) in [7, 11) is 0. The number of nitrogens with zero attached hydrogens (tertiary/aromatic N) is 2. The number of benzene rings is 1. The number of aliphatic hydroxyl groups excluding tert-OH is 1. The highest BCUT2D eigenvalue weighted by Gasteiger charge is 2.26. The molecule has 0 spiro atoms. The number of aromatic nitrogens is 1. The lowest BCUT2D eigenvalue weighted by atomic mass is 9.82. The minimum atomic E-state index is -0.381. The predicted octanol–water partition coefficient (Wildman–Crippen LogP) is 2.33. The molecule has 0 atom stereocenters. The molecule has 0 amide bonds. The number of aliphatic hydroxyl groups is 1. The summed E-state index contributed by atoms with van der Waals surface area (Å²) >= 11 is 0. The van der Waals surface area contributed by atoms with Crippen LogP contribution >= 0.6 is 0 Å². The van der Waals surface area contributed by atoms with Gasteiger partial charge in [0.2, 0.25) is 0 Å². The van der Waals surface area contributed by atoms with Gasteiger partial charge in [-0.25, -0.2) is 0 Å². The molecule has 3 rings (SSSR count). The summed E-state index contributed by atoms with van der Waals surface area (Å²) < 4.78 is 0. The van der Waals surface area contributed by atoms with Crippen LogP contribution in [0.5, 0.6) is 0 Å². The number of non-ortho nitro benzene ring substituents is 1. The Bertz CT molecular complexity index is 653. The van der Waals surface area contributed by atoms with E-state index in [-0.39, 0.29) is 16.7 Å². The maximum absolute atomic E-state index is 11.0. The number of rotatable bonds is 4. The van der Waals surface area contributed by atoms with Gasteiger partial charge in [-0.15, -0.1) is 0 Å². The summed E-state index contributed by atoms with van der Waals surface area (Å²) in [6.45, 7) is 0.763. The van der Waals surface area contributed by atoms with Crippen LogP contribution in [0.1, 0.15) is 12.8 Å². The fourth-order valence-corrected chi connectivity index (χ4v) is 2.61. The van der Waals surface area contributed by atoms with Crippen molar-refractivity contribution in [3.05, 3.63) is 40.7 Å². The van der Waals surface area contributed by atoms with E-state index in [2.05, 4.69) is 10.3 Å². The molecular weight excluding hydrogens is 258 g/mol. The normalized spacial score (nSPS) is 21.4. The maximum Gasteiger partial charge on any atom is 0.277 e. The van der Waals surface area contributed by atoms with E-state index in [1.165, 1.54) is 6.07 Å². The molecule has 1 heterocycles. The molecule has 2 N–H and O–H groups in total. The van der Waals surface area contributed by atoms with Crippen LogP contribution in [0.3, 0.4) is 0 Å². The lowest BCUT2D eigenvalue weighted by Gasteiger charge is -2.31. The molecule has 1 fully saturated rings. The highest BCUT2D eigenvalue weighted by atomic mass is 16.6. The van der Waals surface area contributed by atoms with E-state index in [9.17, 15) is 15.2 Å². The van der Waals surface area contributed by atoms with Gasteiger partial charge in [0.15, 0.2) is 0 Å². The average molecular weight is 273 g/mol. The van der Waals surface area contributed by atoms with Gasteiger partial charge in [-0.1, -0.05) is 0 Å². The highest BCUT2D eigenvalue weighted by molar-refractivity contribution is 5.99. The second kappa shape index (κ2) is 5.05. The number of pyridine rings is 1. The smallest absolute Gasteiger partial charge is 0.277 e. The number of fused-ring (bicyclic) bond motifs is 1. The Labute approximate surface area is 115 Å². The summed E-state index contributed by atoms with van der Waals surface area (Å²) in [5.74, 6) is 0.465. The zero-order chi connectivity index (χ0) is 14.1. The summed E-state index contributed by atoms with van der Waals surface area (Å²) in [6.07, 6.45) is 4.66. The quantitative estimate of drug-likeness (QED) is 0.659. The van der Waals surface area contributed by atoms with Gasteiger partial charge in [-0.05, 0) is 30.9 Å². The zero-order valence-corrected chi connectivity index (χ0v) is 10.8. The van der Waals surface area contributed by atoms with E-state index >= 15 is 0 Å². The molecule has 6 nitrogen and oxygen atoms in total. The number of hydrogen-bond acceptors (Lipinski definition) is 5. The van der Waals surface area contributed by atoms with Gasteiger partial charge in [-0.3, -0.25) is 15.1 Å². The van der Waals surface area contributed by atoms with E-state index in [0.29, 0.717) is 11.3 Å². The predicted molar refractivity (Wildman–Crippen MR) is 75.6 cm³/mol. The first-order valence-electron chi connectivity index (χ1n) is 6.58. The molecule has 0 aliphatic heterocycles. The van der Waals surface area contributed by atoms with Crippen molar-refractivity contribution in [2.45, 2.75) is 18.9 Å². The Morgan fingerprint density at radius 2 is 2.15 bits per heavy atom. The SMILES string of the molecule is O=[N+]([O-])c1ccc(NCC2CC(O)C2)c2cnccc12. The van der Waals surface area contributed by atoms with Gasteiger partial charge >= 0.3 is 0 Å². The second-order valence-corrected chi connectivity index (χ2v) is 5.18. The van der Waals surface area contributed by atoms with Crippen molar-refractivity contribution in [2.24, 2.45) is 5.92 Å². The molecule has 1 saturated carbocycles.